The molecule has 0 aromatic heterocycles. The molecule has 0 radical (unpaired) electrons. The first-order chi connectivity index (χ1) is 6.66. The van der Waals surface area contributed by atoms with Crippen LogP contribution in [0, 0.1) is 0 Å². The lowest BCUT2D eigenvalue weighted by Gasteiger charge is -2.23. The first-order valence-electron chi connectivity index (χ1n) is 3.66. The van der Waals surface area contributed by atoms with Gasteiger partial charge in [0.1, 0.15) is 0 Å². The average molecular weight is 351 g/mol. The van der Waals surface area contributed by atoms with Crippen LogP contribution in [0.1, 0.15) is 5.56 Å². The van der Waals surface area contributed by atoms with E-state index in [4.69, 9.17) is 5.73 Å². The van der Waals surface area contributed by atoms with E-state index >= 15 is 0 Å². The van der Waals surface area contributed by atoms with Gasteiger partial charge >= 0.3 is 10.8 Å². The third-order valence-corrected chi connectivity index (χ3v) is 2.70. The fourth-order valence-corrected chi connectivity index (χ4v) is 1.53. The molecule has 0 atom stereocenters. The molecule has 7 heteroatoms. The van der Waals surface area contributed by atoms with Crippen molar-refractivity contribution in [2.24, 2.45) is 0 Å². The van der Waals surface area contributed by atoms with Gasteiger partial charge in [0.2, 0.25) is 0 Å². The smallest absolute Gasteiger partial charge is 0.367 e. The lowest BCUT2D eigenvalue weighted by atomic mass is 10.1. The zero-order valence-electron chi connectivity index (χ0n) is 7.08. The maximum Gasteiger partial charge on any atom is 0.367 e. The van der Waals surface area contributed by atoms with E-state index in [0.717, 1.165) is 12.1 Å². The summed E-state index contributed by atoms with van der Waals surface area (Å²) in [7, 11) is 0. The third kappa shape index (κ3) is 2.44. The van der Waals surface area contributed by atoms with Gasteiger partial charge in [0, 0.05) is 10.2 Å². The Balaban J connectivity index is 3.32. The highest BCUT2D eigenvalue weighted by Gasteiger charge is 2.56. The minimum absolute atomic E-state index is 0.253. The van der Waals surface area contributed by atoms with Gasteiger partial charge in [-0.2, -0.15) is 17.6 Å². The highest BCUT2D eigenvalue weighted by Crippen LogP contribution is 2.48. The molecule has 84 valence electrons. The van der Waals surface area contributed by atoms with Crippen LogP contribution in [0.4, 0.5) is 23.2 Å². The quantitative estimate of drug-likeness (QED) is 0.485. The van der Waals surface area contributed by atoms with Crippen LogP contribution in [0.3, 0.4) is 0 Å². The Kier molecular flexibility index (Phi) is 3.35. The predicted molar refractivity (Wildman–Crippen MR) is 56.3 cm³/mol. The number of nitrogens with two attached hydrogens (primary N) is 1. The molecule has 1 nitrogen and oxygen atoms in total. The van der Waals surface area contributed by atoms with Gasteiger partial charge in [-0.05, 0) is 34.1 Å². The molecule has 0 aliphatic rings. The molecular weight excluding hydrogens is 346 g/mol. The molecule has 0 heterocycles. The summed E-state index contributed by atoms with van der Waals surface area (Å²) in [6, 6.07) is 3.39. The average Bonchev–Trinajstić information content (AvgIpc) is 2.07. The molecule has 15 heavy (non-hydrogen) atoms. The zero-order chi connectivity index (χ0) is 11.9. The van der Waals surface area contributed by atoms with E-state index < -0.39 is 16.3 Å². The van der Waals surface area contributed by atoms with Gasteiger partial charge in [-0.1, -0.05) is 15.9 Å². The summed E-state index contributed by atoms with van der Waals surface area (Å²) in [4.78, 5) is -4.34. The van der Waals surface area contributed by atoms with Crippen molar-refractivity contribution in [1.29, 1.82) is 0 Å². The maximum absolute atomic E-state index is 13.2. The van der Waals surface area contributed by atoms with E-state index in [-0.39, 0.29) is 10.2 Å². The first-order valence-corrected chi connectivity index (χ1v) is 5.25. The molecule has 0 aliphatic heterocycles. The Morgan fingerprint density at radius 1 is 1.13 bits per heavy atom. The fourth-order valence-electron chi connectivity index (χ4n) is 0.953. The van der Waals surface area contributed by atoms with Crippen molar-refractivity contribution in [3.63, 3.8) is 0 Å². The second kappa shape index (κ2) is 3.93. The standard InChI is InChI=1S/C8H5Br2F4N/c9-4-1-2-6(15)5(3-4)7(11,12)8(10,13)14/h1-3H,15H2. The van der Waals surface area contributed by atoms with Gasteiger partial charge in [0.05, 0.1) is 5.56 Å². The number of hydrogen-bond donors (Lipinski definition) is 1. The van der Waals surface area contributed by atoms with Crippen LogP contribution in [0.5, 0.6) is 0 Å². The number of halogens is 6. The van der Waals surface area contributed by atoms with Gasteiger partial charge < -0.3 is 5.73 Å². The number of alkyl halides is 5. The number of nitrogen functional groups attached to an aromatic ring is 1. The number of hydrogen-bond acceptors (Lipinski definition) is 1. The zero-order valence-corrected chi connectivity index (χ0v) is 10.2. The highest BCUT2D eigenvalue weighted by atomic mass is 79.9. The molecule has 1 aromatic carbocycles. The van der Waals surface area contributed by atoms with Crippen molar-refractivity contribution in [3.05, 3.63) is 28.2 Å². The van der Waals surface area contributed by atoms with E-state index in [0.29, 0.717) is 0 Å². The molecule has 0 unspecified atom stereocenters. The number of benzene rings is 1. The minimum Gasteiger partial charge on any atom is -0.398 e. The SMILES string of the molecule is Nc1ccc(Br)cc1C(F)(F)C(F)(F)Br. The molecule has 1 rings (SSSR count). The lowest BCUT2D eigenvalue weighted by molar-refractivity contribution is -0.153. The van der Waals surface area contributed by atoms with Crippen LogP contribution in [-0.4, -0.2) is 4.83 Å². The second-order valence-electron chi connectivity index (χ2n) is 2.80. The maximum atomic E-state index is 13.2. The van der Waals surface area contributed by atoms with Crippen molar-refractivity contribution in [2.45, 2.75) is 10.8 Å². The van der Waals surface area contributed by atoms with Crippen LogP contribution in [-0.2, 0) is 5.92 Å². The first kappa shape index (κ1) is 12.8. The van der Waals surface area contributed by atoms with Crippen molar-refractivity contribution in [2.75, 3.05) is 5.73 Å². The van der Waals surface area contributed by atoms with Gasteiger partial charge in [0.15, 0.2) is 0 Å². The van der Waals surface area contributed by atoms with E-state index in [2.05, 4.69) is 15.9 Å². The summed E-state index contributed by atoms with van der Waals surface area (Å²) in [6.07, 6.45) is 0. The summed E-state index contributed by atoms with van der Waals surface area (Å²) in [5.41, 5.74) is 3.91. The normalized spacial score (nSPS) is 12.9. The summed E-state index contributed by atoms with van der Waals surface area (Å²) in [6.45, 7) is 0. The van der Waals surface area contributed by atoms with Crippen LogP contribution < -0.4 is 5.73 Å². The summed E-state index contributed by atoms with van der Waals surface area (Å²) in [5.74, 6) is -4.36. The van der Waals surface area contributed by atoms with Crippen molar-refractivity contribution >= 4 is 37.5 Å². The van der Waals surface area contributed by atoms with E-state index in [9.17, 15) is 17.6 Å². The second-order valence-corrected chi connectivity index (χ2v) is 4.72. The Labute approximate surface area is 99.9 Å². The predicted octanol–water partition coefficient (Wildman–Crippen LogP) is 4.11. The lowest BCUT2D eigenvalue weighted by Crippen LogP contribution is -2.32. The molecule has 0 aliphatic carbocycles. The molecule has 0 bridgehead atoms. The summed E-state index contributed by atoms with van der Waals surface area (Å²) >= 11 is 4.55. The van der Waals surface area contributed by atoms with Crippen LogP contribution in [0.25, 0.3) is 0 Å². The molecule has 0 saturated heterocycles. The molecule has 2 N–H and O–H groups in total. The molecule has 0 fully saturated rings. The molecule has 1 aromatic rings. The van der Waals surface area contributed by atoms with Crippen molar-refractivity contribution in [1.82, 2.24) is 0 Å². The molecule has 0 amide bonds. The number of anilines is 1. The van der Waals surface area contributed by atoms with Gasteiger partial charge in [-0.15, -0.1) is 0 Å². The summed E-state index contributed by atoms with van der Waals surface area (Å²) < 4.78 is 51.9. The van der Waals surface area contributed by atoms with Crippen LogP contribution in [0.15, 0.2) is 22.7 Å². The van der Waals surface area contributed by atoms with Gasteiger partial charge in [-0.25, -0.2) is 0 Å². The van der Waals surface area contributed by atoms with Crippen molar-refractivity contribution in [3.8, 4) is 0 Å². The Morgan fingerprint density at radius 3 is 2.13 bits per heavy atom. The van der Waals surface area contributed by atoms with Gasteiger partial charge in [-0.3, -0.25) is 0 Å². The minimum atomic E-state index is -4.36. The fraction of sp³-hybridized carbons (Fsp3) is 0.250. The van der Waals surface area contributed by atoms with Crippen LogP contribution in [0.2, 0.25) is 0 Å². The Morgan fingerprint density at radius 2 is 1.67 bits per heavy atom. The number of rotatable bonds is 2. The Hall–Kier alpha value is -0.300. The van der Waals surface area contributed by atoms with E-state index in [1.54, 1.807) is 15.9 Å². The van der Waals surface area contributed by atoms with Crippen molar-refractivity contribution < 1.29 is 17.6 Å². The largest absolute Gasteiger partial charge is 0.398 e. The third-order valence-electron chi connectivity index (χ3n) is 1.71. The molecular formula is C8H5Br2F4N. The monoisotopic (exact) mass is 349 g/mol. The van der Waals surface area contributed by atoms with Crippen LogP contribution >= 0.6 is 31.9 Å². The summed E-state index contributed by atoms with van der Waals surface area (Å²) in [5, 5.41) is 0. The van der Waals surface area contributed by atoms with Gasteiger partial charge in [0.25, 0.3) is 0 Å². The molecule has 0 spiro atoms. The topological polar surface area (TPSA) is 26.0 Å². The van der Waals surface area contributed by atoms with E-state index in [1.165, 1.54) is 6.07 Å². The molecule has 0 saturated carbocycles. The highest BCUT2D eigenvalue weighted by molar-refractivity contribution is 9.10. The Bertz CT molecular complexity index is 375. The van der Waals surface area contributed by atoms with E-state index in [1.807, 2.05) is 0 Å².